The average molecular weight is 335 g/mol. The van der Waals surface area contributed by atoms with Gasteiger partial charge in [-0.1, -0.05) is 6.08 Å². The van der Waals surface area contributed by atoms with E-state index in [-0.39, 0.29) is 0 Å². The van der Waals surface area contributed by atoms with E-state index in [4.69, 9.17) is 4.98 Å². The smallest absolute Gasteiger partial charge is 0.147 e. The number of imidazole rings is 1. The lowest BCUT2D eigenvalue weighted by atomic mass is 10.1. The maximum Gasteiger partial charge on any atom is 0.147 e. The van der Waals surface area contributed by atoms with Crippen LogP contribution in [-0.4, -0.2) is 39.8 Å². The number of rotatable bonds is 3. The lowest BCUT2D eigenvalue weighted by molar-refractivity contribution is 0.402. The number of alkyl halides is 1. The quantitative estimate of drug-likeness (QED) is 0.732. The number of allylic oxidation sites excluding steroid dienone is 4. The number of halogens is 1. The summed E-state index contributed by atoms with van der Waals surface area (Å²) >= 11 is 0. The van der Waals surface area contributed by atoms with Gasteiger partial charge in [0.05, 0.1) is 17.2 Å². The van der Waals surface area contributed by atoms with Crippen LogP contribution in [0.25, 0.3) is 28.1 Å². The predicted octanol–water partition coefficient (Wildman–Crippen LogP) is 3.70. The van der Waals surface area contributed by atoms with Crippen LogP contribution in [0.3, 0.4) is 0 Å². The maximum absolute atomic E-state index is 13.5. The van der Waals surface area contributed by atoms with Gasteiger partial charge in [-0.2, -0.15) is 0 Å². The number of hydrogen-bond acceptors (Lipinski definition) is 4. The fourth-order valence-electron chi connectivity index (χ4n) is 2.91. The minimum Gasteiger partial charge on any atom is -0.363 e. The first-order valence-electron chi connectivity index (χ1n) is 8.12. The second-order valence-electron chi connectivity index (χ2n) is 6.17. The highest BCUT2D eigenvalue weighted by atomic mass is 19.1. The summed E-state index contributed by atoms with van der Waals surface area (Å²) in [5.41, 5.74) is 3.54. The largest absolute Gasteiger partial charge is 0.363 e. The minimum absolute atomic E-state index is 0.364. The van der Waals surface area contributed by atoms with Crippen molar-refractivity contribution in [2.75, 3.05) is 19.0 Å². The van der Waals surface area contributed by atoms with Gasteiger partial charge in [0.15, 0.2) is 0 Å². The Balaban J connectivity index is 1.89. The number of anilines is 1. The summed E-state index contributed by atoms with van der Waals surface area (Å²) in [6.45, 7) is 0. The summed E-state index contributed by atoms with van der Waals surface area (Å²) < 4.78 is 15.5. The van der Waals surface area contributed by atoms with Crippen molar-refractivity contribution in [3.05, 3.63) is 55.0 Å². The van der Waals surface area contributed by atoms with E-state index in [0.29, 0.717) is 6.42 Å². The summed E-state index contributed by atoms with van der Waals surface area (Å²) in [5.74, 6) is 1.65. The lowest BCUT2D eigenvalue weighted by Gasteiger charge is -2.15. The Morgan fingerprint density at radius 2 is 2.08 bits per heavy atom. The maximum atomic E-state index is 13.5. The van der Waals surface area contributed by atoms with E-state index in [9.17, 15) is 4.39 Å². The first-order valence-corrected chi connectivity index (χ1v) is 8.12. The molecule has 6 heteroatoms. The number of pyridine rings is 2. The molecule has 1 aliphatic rings. The molecule has 0 bridgehead atoms. The van der Waals surface area contributed by atoms with E-state index >= 15 is 0 Å². The topological polar surface area (TPSA) is 46.8 Å². The third-order valence-electron chi connectivity index (χ3n) is 4.21. The first-order chi connectivity index (χ1) is 12.1. The molecule has 5 nitrogen and oxygen atoms in total. The van der Waals surface area contributed by atoms with Crippen molar-refractivity contribution < 1.29 is 4.39 Å². The van der Waals surface area contributed by atoms with Gasteiger partial charge in [-0.15, -0.1) is 0 Å². The van der Waals surface area contributed by atoms with Gasteiger partial charge in [-0.25, -0.2) is 14.4 Å². The number of aromatic nitrogens is 4. The van der Waals surface area contributed by atoms with Gasteiger partial charge in [-0.05, 0) is 30.4 Å². The van der Waals surface area contributed by atoms with Crippen LogP contribution in [0.15, 0.2) is 55.0 Å². The number of hydrogen-bond donors (Lipinski definition) is 0. The van der Waals surface area contributed by atoms with Crippen molar-refractivity contribution in [2.45, 2.75) is 12.6 Å². The molecule has 25 heavy (non-hydrogen) atoms. The number of nitrogens with zero attached hydrogens (tertiary/aromatic N) is 5. The van der Waals surface area contributed by atoms with Crippen LogP contribution in [-0.2, 0) is 0 Å². The Morgan fingerprint density at radius 1 is 1.20 bits per heavy atom. The minimum atomic E-state index is -0.929. The van der Waals surface area contributed by atoms with E-state index in [2.05, 4.69) is 9.97 Å². The highest BCUT2D eigenvalue weighted by Crippen LogP contribution is 2.30. The van der Waals surface area contributed by atoms with E-state index in [1.807, 2.05) is 54.0 Å². The van der Waals surface area contributed by atoms with Crippen LogP contribution in [0, 0.1) is 0 Å². The van der Waals surface area contributed by atoms with Crippen molar-refractivity contribution >= 4 is 22.5 Å². The van der Waals surface area contributed by atoms with Crippen molar-refractivity contribution in [1.29, 1.82) is 0 Å². The standard InChI is InChI=1S/C19H18FN5/c1-24(2)18-8-3-13(11-22-18)19-23-16-9-10-21-12-17(16)25(19)15-6-4-14(20)5-7-15/h3-4,6-12,14H,5H2,1-2H3. The summed E-state index contributed by atoms with van der Waals surface area (Å²) in [7, 11) is 3.90. The molecule has 3 aromatic rings. The Labute approximate surface area is 145 Å². The second kappa shape index (κ2) is 6.12. The molecule has 0 saturated carbocycles. The summed E-state index contributed by atoms with van der Waals surface area (Å²) in [6.07, 6.45) is 10.0. The highest BCUT2D eigenvalue weighted by Gasteiger charge is 2.17. The van der Waals surface area contributed by atoms with Crippen molar-refractivity contribution in [2.24, 2.45) is 0 Å². The molecule has 1 unspecified atom stereocenters. The van der Waals surface area contributed by atoms with Gasteiger partial charge < -0.3 is 4.90 Å². The lowest BCUT2D eigenvalue weighted by Crippen LogP contribution is -2.10. The molecule has 0 radical (unpaired) electrons. The van der Waals surface area contributed by atoms with Gasteiger partial charge in [0.1, 0.15) is 17.8 Å². The molecule has 1 atom stereocenters. The van der Waals surface area contributed by atoms with E-state index in [1.54, 1.807) is 24.5 Å². The van der Waals surface area contributed by atoms with Crippen LogP contribution in [0.1, 0.15) is 6.42 Å². The molecule has 4 rings (SSSR count). The molecule has 1 aliphatic carbocycles. The third kappa shape index (κ3) is 2.80. The third-order valence-corrected chi connectivity index (χ3v) is 4.21. The Bertz CT molecular complexity index is 969. The fraction of sp³-hybridized carbons (Fsp3) is 0.211. The summed E-state index contributed by atoms with van der Waals surface area (Å²) in [4.78, 5) is 15.4. The van der Waals surface area contributed by atoms with Gasteiger partial charge in [0.25, 0.3) is 0 Å². The zero-order chi connectivity index (χ0) is 17.4. The molecule has 0 saturated heterocycles. The average Bonchev–Trinajstić information content (AvgIpc) is 3.02. The molecule has 3 heterocycles. The first kappa shape index (κ1) is 15.5. The van der Waals surface area contributed by atoms with Crippen LogP contribution in [0.5, 0.6) is 0 Å². The Morgan fingerprint density at radius 3 is 2.76 bits per heavy atom. The molecular weight excluding hydrogens is 317 g/mol. The van der Waals surface area contributed by atoms with Crippen LogP contribution >= 0.6 is 0 Å². The van der Waals surface area contributed by atoms with Crippen molar-refractivity contribution in [1.82, 2.24) is 19.5 Å². The molecule has 0 aliphatic heterocycles. The molecule has 126 valence electrons. The summed E-state index contributed by atoms with van der Waals surface area (Å²) in [6, 6.07) is 5.83. The van der Waals surface area contributed by atoms with E-state index in [0.717, 1.165) is 33.9 Å². The predicted molar refractivity (Wildman–Crippen MR) is 98.0 cm³/mol. The van der Waals surface area contributed by atoms with Crippen LogP contribution in [0.2, 0.25) is 0 Å². The molecule has 3 aromatic heterocycles. The molecule has 0 N–H and O–H groups in total. The zero-order valence-corrected chi connectivity index (χ0v) is 14.1. The van der Waals surface area contributed by atoms with E-state index < -0.39 is 6.17 Å². The molecule has 0 aromatic carbocycles. The Kier molecular flexibility index (Phi) is 3.80. The van der Waals surface area contributed by atoms with E-state index in [1.165, 1.54) is 0 Å². The van der Waals surface area contributed by atoms with Gasteiger partial charge in [0, 0.05) is 44.2 Å². The molecule has 0 amide bonds. The highest BCUT2D eigenvalue weighted by molar-refractivity contribution is 5.86. The van der Waals surface area contributed by atoms with Gasteiger partial charge in [-0.3, -0.25) is 9.55 Å². The molecule has 0 fully saturated rings. The molecular formula is C19H18FN5. The van der Waals surface area contributed by atoms with Crippen molar-refractivity contribution in [3.8, 4) is 11.4 Å². The monoisotopic (exact) mass is 335 g/mol. The van der Waals surface area contributed by atoms with Gasteiger partial charge in [0.2, 0.25) is 0 Å². The SMILES string of the molecule is CN(C)c1ccc(-c2nc3ccncc3n2C2=CCC(F)C=C2)cn1. The van der Waals surface area contributed by atoms with Crippen LogP contribution < -0.4 is 4.90 Å². The normalized spacial score (nSPS) is 16.9. The zero-order valence-electron chi connectivity index (χ0n) is 14.1. The number of fused-ring (bicyclic) bond motifs is 1. The Hall–Kier alpha value is -3.02. The van der Waals surface area contributed by atoms with Gasteiger partial charge >= 0.3 is 0 Å². The summed E-state index contributed by atoms with van der Waals surface area (Å²) in [5, 5.41) is 0. The molecule has 0 spiro atoms. The van der Waals surface area contributed by atoms with Crippen LogP contribution in [0.4, 0.5) is 10.2 Å². The second-order valence-corrected chi connectivity index (χ2v) is 6.17. The van der Waals surface area contributed by atoms with Crippen molar-refractivity contribution in [3.63, 3.8) is 0 Å². The fourth-order valence-corrected chi connectivity index (χ4v) is 2.91.